The molecule has 1 heterocycles. The van der Waals surface area contributed by atoms with Gasteiger partial charge in [0.1, 0.15) is 11.6 Å². The summed E-state index contributed by atoms with van der Waals surface area (Å²) < 4.78 is 0. The molecule has 0 bridgehead atoms. The lowest BCUT2D eigenvalue weighted by atomic mass is 10.1. The molecule has 1 atom stereocenters. The van der Waals surface area contributed by atoms with Crippen molar-refractivity contribution in [2.45, 2.75) is 39.3 Å². The summed E-state index contributed by atoms with van der Waals surface area (Å²) in [5.74, 6) is 1.59. The van der Waals surface area contributed by atoms with Crippen molar-refractivity contribution in [2.24, 2.45) is 0 Å². The first kappa shape index (κ1) is 23.7. The molecule has 174 valence electrons. The maximum absolute atomic E-state index is 12.9. The van der Waals surface area contributed by atoms with Crippen LogP contribution in [0.3, 0.4) is 0 Å². The minimum Gasteiger partial charge on any atom is -0.351 e. The number of halogens is 1. The lowest BCUT2D eigenvalue weighted by molar-refractivity contribution is -0.121. The zero-order valence-corrected chi connectivity index (χ0v) is 20.3. The van der Waals surface area contributed by atoms with Gasteiger partial charge < -0.3 is 10.2 Å². The summed E-state index contributed by atoms with van der Waals surface area (Å²) in [6.07, 6.45) is 1.06. The van der Waals surface area contributed by atoms with Gasteiger partial charge in [-0.25, -0.2) is 9.97 Å². The van der Waals surface area contributed by atoms with Gasteiger partial charge >= 0.3 is 0 Å². The highest BCUT2D eigenvalue weighted by Crippen LogP contribution is 2.28. The minimum absolute atomic E-state index is 0.00605. The van der Waals surface area contributed by atoms with E-state index in [0.717, 1.165) is 33.7 Å². The van der Waals surface area contributed by atoms with E-state index in [1.54, 1.807) is 0 Å². The molecule has 0 saturated heterocycles. The summed E-state index contributed by atoms with van der Waals surface area (Å²) >= 11 is 6.25. The number of nitrogens with zero attached hydrogens (tertiary/aromatic N) is 3. The van der Waals surface area contributed by atoms with Gasteiger partial charge in [0.2, 0.25) is 5.91 Å². The Labute approximate surface area is 205 Å². The molecule has 0 fully saturated rings. The number of hydrogen-bond donors (Lipinski definition) is 1. The molecule has 4 rings (SSSR count). The number of nitrogens with one attached hydrogen (secondary N) is 1. The predicted octanol–water partition coefficient (Wildman–Crippen LogP) is 6.12. The normalized spacial score (nSPS) is 11.9. The van der Waals surface area contributed by atoms with Gasteiger partial charge in [0.05, 0.1) is 11.6 Å². The Bertz CT molecular complexity index is 1250. The number of aryl methyl sites for hydroxylation is 1. The SMILES string of the molecule is CCc1nc(N(CCC(=O)NC(C)c2ccccc2)Cc2ccccc2)c2ccc(Cl)cc2n1. The number of benzene rings is 3. The Hall–Kier alpha value is -3.44. The third-order valence-electron chi connectivity index (χ3n) is 5.80. The second-order valence-electron chi connectivity index (χ2n) is 8.34. The van der Waals surface area contributed by atoms with Crippen molar-refractivity contribution in [1.29, 1.82) is 0 Å². The predicted molar refractivity (Wildman–Crippen MR) is 139 cm³/mol. The first-order valence-electron chi connectivity index (χ1n) is 11.6. The van der Waals surface area contributed by atoms with Crippen molar-refractivity contribution in [3.05, 3.63) is 101 Å². The summed E-state index contributed by atoms with van der Waals surface area (Å²) in [5.41, 5.74) is 3.05. The van der Waals surface area contributed by atoms with Crippen LogP contribution in [0.4, 0.5) is 5.82 Å². The fourth-order valence-corrected chi connectivity index (χ4v) is 4.14. The molecule has 1 N–H and O–H groups in total. The van der Waals surface area contributed by atoms with E-state index >= 15 is 0 Å². The first-order valence-corrected chi connectivity index (χ1v) is 12.0. The molecular formula is C28H29ClN4O. The highest BCUT2D eigenvalue weighted by molar-refractivity contribution is 6.31. The smallest absolute Gasteiger partial charge is 0.222 e. The number of hydrogen-bond acceptors (Lipinski definition) is 4. The molecule has 0 saturated carbocycles. The summed E-state index contributed by atoms with van der Waals surface area (Å²) in [5, 5.41) is 4.69. The molecule has 0 spiro atoms. The summed E-state index contributed by atoms with van der Waals surface area (Å²) in [7, 11) is 0. The van der Waals surface area contributed by atoms with Crippen molar-refractivity contribution < 1.29 is 4.79 Å². The zero-order chi connectivity index (χ0) is 23.9. The molecule has 1 unspecified atom stereocenters. The van der Waals surface area contributed by atoms with Crippen LogP contribution in [0.5, 0.6) is 0 Å². The minimum atomic E-state index is -0.0509. The van der Waals surface area contributed by atoms with Crippen LogP contribution in [-0.2, 0) is 17.8 Å². The van der Waals surface area contributed by atoms with Crippen LogP contribution in [0.15, 0.2) is 78.9 Å². The van der Waals surface area contributed by atoms with Crippen LogP contribution in [0, 0.1) is 0 Å². The maximum Gasteiger partial charge on any atom is 0.222 e. The molecule has 0 aliphatic heterocycles. The molecule has 0 aliphatic rings. The second-order valence-corrected chi connectivity index (χ2v) is 8.77. The number of carbonyl (C=O) groups excluding carboxylic acids is 1. The Morgan fingerprint density at radius 1 is 1.00 bits per heavy atom. The Morgan fingerprint density at radius 3 is 2.41 bits per heavy atom. The van der Waals surface area contributed by atoms with E-state index in [9.17, 15) is 4.79 Å². The Balaban J connectivity index is 1.59. The Morgan fingerprint density at radius 2 is 1.71 bits per heavy atom. The van der Waals surface area contributed by atoms with Gasteiger partial charge in [0, 0.05) is 36.3 Å². The van der Waals surface area contributed by atoms with Gasteiger partial charge in [0.25, 0.3) is 0 Å². The molecule has 0 aliphatic carbocycles. The Kier molecular flexibility index (Phi) is 7.76. The average Bonchev–Trinajstić information content (AvgIpc) is 2.86. The summed E-state index contributed by atoms with van der Waals surface area (Å²) in [4.78, 5) is 24.6. The van der Waals surface area contributed by atoms with E-state index < -0.39 is 0 Å². The molecule has 34 heavy (non-hydrogen) atoms. The molecule has 1 aromatic heterocycles. The summed E-state index contributed by atoms with van der Waals surface area (Å²) in [6.45, 7) is 5.21. The van der Waals surface area contributed by atoms with Crippen LogP contribution in [0.1, 0.15) is 43.3 Å². The van der Waals surface area contributed by atoms with E-state index in [2.05, 4.69) is 27.3 Å². The molecule has 5 nitrogen and oxygen atoms in total. The van der Waals surface area contributed by atoms with E-state index in [1.165, 1.54) is 0 Å². The second kappa shape index (κ2) is 11.1. The van der Waals surface area contributed by atoms with Gasteiger partial charge in [-0.3, -0.25) is 4.79 Å². The van der Waals surface area contributed by atoms with Crippen molar-refractivity contribution in [3.8, 4) is 0 Å². The van der Waals surface area contributed by atoms with Crippen LogP contribution >= 0.6 is 11.6 Å². The fraction of sp³-hybridized carbons (Fsp3) is 0.250. The van der Waals surface area contributed by atoms with Crippen molar-refractivity contribution in [3.63, 3.8) is 0 Å². The number of fused-ring (bicyclic) bond motifs is 1. The van der Waals surface area contributed by atoms with Gasteiger partial charge in [-0.15, -0.1) is 0 Å². The number of aromatic nitrogens is 2. The van der Waals surface area contributed by atoms with Gasteiger partial charge in [-0.2, -0.15) is 0 Å². The third-order valence-corrected chi connectivity index (χ3v) is 6.04. The lowest BCUT2D eigenvalue weighted by Gasteiger charge is -2.26. The molecule has 0 radical (unpaired) electrons. The third kappa shape index (κ3) is 5.91. The van der Waals surface area contributed by atoms with E-state index in [4.69, 9.17) is 16.6 Å². The van der Waals surface area contributed by atoms with Crippen LogP contribution < -0.4 is 10.2 Å². The van der Waals surface area contributed by atoms with E-state index in [-0.39, 0.29) is 11.9 Å². The zero-order valence-electron chi connectivity index (χ0n) is 19.5. The van der Waals surface area contributed by atoms with Gasteiger partial charge in [-0.1, -0.05) is 79.2 Å². The average molecular weight is 473 g/mol. The highest BCUT2D eigenvalue weighted by Gasteiger charge is 2.18. The highest BCUT2D eigenvalue weighted by atomic mass is 35.5. The first-order chi connectivity index (χ1) is 16.5. The van der Waals surface area contributed by atoms with E-state index in [0.29, 0.717) is 31.0 Å². The van der Waals surface area contributed by atoms with Gasteiger partial charge in [0.15, 0.2) is 0 Å². The topological polar surface area (TPSA) is 58.1 Å². The molecule has 4 aromatic rings. The number of anilines is 1. The monoisotopic (exact) mass is 472 g/mol. The quantitative estimate of drug-likeness (QED) is 0.319. The summed E-state index contributed by atoms with van der Waals surface area (Å²) in [6, 6.07) is 25.9. The lowest BCUT2D eigenvalue weighted by Crippen LogP contribution is -2.32. The molecule has 1 amide bonds. The van der Waals surface area contributed by atoms with Crippen molar-refractivity contribution in [1.82, 2.24) is 15.3 Å². The van der Waals surface area contributed by atoms with Gasteiger partial charge in [-0.05, 0) is 36.2 Å². The molecule has 3 aromatic carbocycles. The van der Waals surface area contributed by atoms with Crippen LogP contribution in [0.2, 0.25) is 5.02 Å². The van der Waals surface area contributed by atoms with E-state index in [1.807, 2.05) is 80.6 Å². The number of rotatable bonds is 9. The van der Waals surface area contributed by atoms with Crippen LogP contribution in [-0.4, -0.2) is 22.4 Å². The molecule has 6 heteroatoms. The van der Waals surface area contributed by atoms with Crippen molar-refractivity contribution >= 4 is 34.2 Å². The largest absolute Gasteiger partial charge is 0.351 e. The van der Waals surface area contributed by atoms with Crippen LogP contribution in [0.25, 0.3) is 10.9 Å². The fourth-order valence-electron chi connectivity index (χ4n) is 3.97. The van der Waals surface area contributed by atoms with Crippen molar-refractivity contribution in [2.75, 3.05) is 11.4 Å². The number of amides is 1. The number of carbonyl (C=O) groups is 1. The maximum atomic E-state index is 12.9. The molecular weight excluding hydrogens is 444 g/mol. The standard InChI is InChI=1S/C28H29ClN4O/c1-3-26-31-25-18-23(29)14-15-24(25)28(32-26)33(19-21-10-6-4-7-11-21)17-16-27(34)30-20(2)22-12-8-5-9-13-22/h4-15,18,20H,3,16-17,19H2,1-2H3,(H,30,34).